The van der Waals surface area contributed by atoms with Crippen molar-refractivity contribution >= 4 is 44.0 Å². The van der Waals surface area contributed by atoms with Crippen LogP contribution in [0.5, 0.6) is 5.75 Å². The number of sulfonamides is 1. The number of fused-ring (bicyclic) bond motifs is 2. The van der Waals surface area contributed by atoms with Gasteiger partial charge in [0, 0.05) is 23.8 Å². The number of carbonyl (C=O) groups excluding carboxylic acids is 1. The van der Waals surface area contributed by atoms with Gasteiger partial charge in [0.25, 0.3) is 10.0 Å². The maximum atomic E-state index is 14.1. The third kappa shape index (κ3) is 6.01. The van der Waals surface area contributed by atoms with E-state index in [9.17, 15) is 13.2 Å². The Morgan fingerprint density at radius 1 is 1.15 bits per heavy atom. The van der Waals surface area contributed by atoms with Crippen molar-refractivity contribution in [3.63, 3.8) is 0 Å². The fourth-order valence-corrected chi connectivity index (χ4v) is 8.69. The molecule has 4 aromatic heterocycles. The van der Waals surface area contributed by atoms with Crippen molar-refractivity contribution in [3.8, 4) is 5.75 Å². The third-order valence-electron chi connectivity index (χ3n) is 8.78. The Balaban J connectivity index is 1.43. The third-order valence-corrected chi connectivity index (χ3v) is 11.6. The van der Waals surface area contributed by atoms with E-state index in [4.69, 9.17) is 9.72 Å². The molecule has 5 heterocycles. The first-order valence-corrected chi connectivity index (χ1v) is 17.8. The van der Waals surface area contributed by atoms with Crippen molar-refractivity contribution in [3.05, 3.63) is 81.7 Å². The lowest BCUT2D eigenvalue weighted by molar-refractivity contribution is -0.124. The molecular weight excluding hydrogens is 637 g/mol. The molecule has 5 aromatic rings. The zero-order valence-corrected chi connectivity index (χ0v) is 28.9. The summed E-state index contributed by atoms with van der Waals surface area (Å²) in [7, 11) is -3.97. The van der Waals surface area contributed by atoms with Crippen LogP contribution in [0.4, 0.5) is 5.69 Å². The fourth-order valence-electron chi connectivity index (χ4n) is 5.99. The zero-order valence-electron chi connectivity index (χ0n) is 27.3. The van der Waals surface area contributed by atoms with Crippen molar-refractivity contribution in [1.29, 1.82) is 0 Å². The summed E-state index contributed by atoms with van der Waals surface area (Å²) in [5.74, 6) is -0.449. The largest absolute Gasteiger partial charge is 0.486 e. The number of benzene rings is 1. The van der Waals surface area contributed by atoms with Crippen molar-refractivity contribution in [2.75, 3.05) is 11.9 Å². The number of carbonyl (C=O) groups is 1. The van der Waals surface area contributed by atoms with Crippen LogP contribution in [0, 0.1) is 19.3 Å². The van der Waals surface area contributed by atoms with E-state index in [1.165, 1.54) is 21.8 Å². The second-order valence-electron chi connectivity index (χ2n) is 12.2. The highest BCUT2D eigenvalue weighted by atomic mass is 32.2. The summed E-state index contributed by atoms with van der Waals surface area (Å²) >= 11 is 1.46. The molecule has 0 saturated heterocycles. The number of thiazole rings is 1. The standard InChI is InChI=1S/C33H38N8O4S2/c1-7-23-18-40(47(43,44)31-27(45-23)12-10-16-35-31)19-25-21(4)46-30(37-25)28(33(5,6)32(42)36-22-11-9-15-34-17-22)24-13-14-26-29(20(24)3)38-39-41(26)8-2/h9-17,23,28H,7-8,18-19H2,1-6H3,(H,36,42)/t23-,28?/m1/s1. The van der Waals surface area contributed by atoms with Crippen molar-refractivity contribution < 1.29 is 17.9 Å². The van der Waals surface area contributed by atoms with Crippen LogP contribution in [0.15, 0.2) is 60.0 Å². The quantitative estimate of drug-likeness (QED) is 0.215. The van der Waals surface area contributed by atoms with E-state index in [1.807, 2.05) is 58.4 Å². The van der Waals surface area contributed by atoms with E-state index in [-0.39, 0.29) is 35.9 Å². The molecule has 2 atom stereocenters. The van der Waals surface area contributed by atoms with Gasteiger partial charge in [0.05, 0.1) is 47.5 Å². The summed E-state index contributed by atoms with van der Waals surface area (Å²) in [6, 6.07) is 10.9. The van der Waals surface area contributed by atoms with E-state index in [2.05, 4.69) is 25.6 Å². The summed E-state index contributed by atoms with van der Waals surface area (Å²) in [5.41, 5.74) is 3.68. The lowest BCUT2D eigenvalue weighted by atomic mass is 9.73. The predicted molar refractivity (Wildman–Crippen MR) is 180 cm³/mol. The SMILES string of the molecule is CC[C@@H]1CN(Cc2nc(C(c3ccc4c(nnn4CC)c3C)C(C)(C)C(=O)Nc3cccnc3)sc2C)S(=O)(=O)c2ncccc2O1. The van der Waals surface area contributed by atoms with Gasteiger partial charge >= 0.3 is 0 Å². The van der Waals surface area contributed by atoms with Gasteiger partial charge in [-0.05, 0) is 68.7 Å². The Morgan fingerprint density at radius 2 is 1.94 bits per heavy atom. The number of aromatic nitrogens is 6. The van der Waals surface area contributed by atoms with Gasteiger partial charge in [-0.1, -0.05) is 32.1 Å². The fraction of sp³-hybridized carbons (Fsp3) is 0.394. The Kier molecular flexibility index (Phi) is 8.85. The van der Waals surface area contributed by atoms with Crippen LogP contribution in [0.2, 0.25) is 0 Å². The molecule has 12 nitrogen and oxygen atoms in total. The van der Waals surface area contributed by atoms with E-state index in [1.54, 1.807) is 36.7 Å². The van der Waals surface area contributed by atoms with Gasteiger partial charge in [0.15, 0.2) is 5.75 Å². The lowest BCUT2D eigenvalue weighted by Crippen LogP contribution is -2.37. The summed E-state index contributed by atoms with van der Waals surface area (Å²) < 4.78 is 37.0. The smallest absolute Gasteiger partial charge is 0.264 e. The minimum Gasteiger partial charge on any atom is -0.486 e. The van der Waals surface area contributed by atoms with E-state index >= 15 is 0 Å². The number of amides is 1. The number of aryl methyl sites for hydroxylation is 3. The Morgan fingerprint density at radius 3 is 2.66 bits per heavy atom. The van der Waals surface area contributed by atoms with Crippen LogP contribution in [0.1, 0.15) is 66.7 Å². The van der Waals surface area contributed by atoms with Crippen molar-refractivity contribution in [1.82, 2.24) is 34.3 Å². The van der Waals surface area contributed by atoms with E-state index < -0.39 is 21.4 Å². The molecule has 0 radical (unpaired) electrons. The second-order valence-corrected chi connectivity index (χ2v) is 15.3. The van der Waals surface area contributed by atoms with E-state index in [0.717, 1.165) is 27.0 Å². The number of anilines is 1. The van der Waals surface area contributed by atoms with E-state index in [0.29, 0.717) is 29.4 Å². The molecule has 14 heteroatoms. The van der Waals surface area contributed by atoms with Crippen LogP contribution in [-0.4, -0.2) is 61.2 Å². The summed E-state index contributed by atoms with van der Waals surface area (Å²) in [4.78, 5) is 28.3. The highest BCUT2D eigenvalue weighted by Gasteiger charge is 2.43. The molecule has 0 aliphatic carbocycles. The molecule has 1 aromatic carbocycles. The maximum absolute atomic E-state index is 14.1. The average molecular weight is 675 g/mol. The number of rotatable bonds is 9. The Bertz CT molecular complexity index is 2040. The molecule has 0 spiro atoms. The van der Waals surface area contributed by atoms with Gasteiger partial charge in [-0.15, -0.1) is 16.4 Å². The monoisotopic (exact) mass is 674 g/mol. The second kappa shape index (κ2) is 12.7. The van der Waals surface area contributed by atoms with Crippen LogP contribution in [0.25, 0.3) is 11.0 Å². The first kappa shape index (κ1) is 32.7. The number of ether oxygens (including phenoxy) is 1. The Labute approximate surface area is 278 Å². The van der Waals surface area contributed by atoms with Gasteiger partial charge in [-0.2, -0.15) is 4.31 Å². The number of hydrogen-bond acceptors (Lipinski definition) is 10. The van der Waals surface area contributed by atoms with Crippen LogP contribution >= 0.6 is 11.3 Å². The molecule has 1 aliphatic heterocycles. The number of hydrogen-bond donors (Lipinski definition) is 1. The number of nitrogens with zero attached hydrogens (tertiary/aromatic N) is 7. The van der Waals surface area contributed by atoms with Crippen LogP contribution < -0.4 is 10.1 Å². The van der Waals surface area contributed by atoms with Gasteiger partial charge < -0.3 is 10.1 Å². The van der Waals surface area contributed by atoms with Crippen molar-refractivity contribution in [2.45, 2.75) is 78.1 Å². The first-order valence-electron chi connectivity index (χ1n) is 15.6. The molecule has 47 heavy (non-hydrogen) atoms. The molecule has 0 bridgehead atoms. The summed E-state index contributed by atoms with van der Waals surface area (Å²) in [5, 5.41) is 12.4. The highest BCUT2D eigenvalue weighted by molar-refractivity contribution is 7.89. The number of pyridine rings is 2. The van der Waals surface area contributed by atoms with Gasteiger partial charge in [0.1, 0.15) is 16.6 Å². The normalized spacial score (nSPS) is 17.1. The topological polar surface area (TPSA) is 145 Å². The van der Waals surface area contributed by atoms with Gasteiger partial charge in [-0.25, -0.2) is 23.1 Å². The molecular formula is C33H38N8O4S2. The molecule has 246 valence electrons. The van der Waals surface area contributed by atoms with Gasteiger partial charge in [-0.3, -0.25) is 9.78 Å². The lowest BCUT2D eigenvalue weighted by Gasteiger charge is -2.33. The molecule has 1 aliphatic rings. The molecule has 1 unspecified atom stereocenters. The van der Waals surface area contributed by atoms with Gasteiger partial charge in [0.2, 0.25) is 10.9 Å². The summed E-state index contributed by atoms with van der Waals surface area (Å²) in [6.45, 7) is 12.6. The maximum Gasteiger partial charge on any atom is 0.264 e. The minimum absolute atomic E-state index is 0.0401. The zero-order chi connectivity index (χ0) is 33.5. The molecule has 1 amide bonds. The molecule has 0 fully saturated rings. The van der Waals surface area contributed by atoms with Crippen LogP contribution in [0.3, 0.4) is 0 Å². The summed E-state index contributed by atoms with van der Waals surface area (Å²) in [6.07, 6.45) is 4.99. The predicted octanol–water partition coefficient (Wildman–Crippen LogP) is 5.47. The Hall–Kier alpha value is -4.27. The molecule has 0 saturated carbocycles. The average Bonchev–Trinajstić information content (AvgIpc) is 3.62. The van der Waals surface area contributed by atoms with Crippen LogP contribution in [-0.2, 0) is 27.9 Å². The molecule has 6 rings (SSSR count). The minimum atomic E-state index is -3.97. The first-order chi connectivity index (χ1) is 22.4. The number of nitrogens with one attached hydrogen (secondary N) is 1. The highest BCUT2D eigenvalue weighted by Crippen LogP contribution is 2.46. The molecule has 1 N–H and O–H groups in total. The van der Waals surface area contributed by atoms with Crippen molar-refractivity contribution in [2.24, 2.45) is 5.41 Å².